The summed E-state index contributed by atoms with van der Waals surface area (Å²) in [7, 11) is 0. The predicted molar refractivity (Wildman–Crippen MR) is 231 cm³/mol. The number of fused-ring (bicyclic) bond motifs is 9. The Balaban J connectivity index is 0.981. The van der Waals surface area contributed by atoms with Gasteiger partial charge in [0.05, 0.1) is 35.2 Å². The number of furan rings is 2. The molecule has 1 fully saturated rings. The first kappa shape index (κ1) is 32.3. The Hall–Kier alpha value is -6.96. The van der Waals surface area contributed by atoms with Crippen LogP contribution in [0.5, 0.6) is 0 Å². The van der Waals surface area contributed by atoms with E-state index in [1.165, 1.54) is 21.9 Å². The third kappa shape index (κ3) is 5.09. The van der Waals surface area contributed by atoms with Crippen LogP contribution in [0.15, 0.2) is 191 Å². The molecule has 1 aliphatic heterocycles. The molecule has 11 aromatic rings. The van der Waals surface area contributed by atoms with E-state index in [-0.39, 0.29) is 18.5 Å². The first-order valence-corrected chi connectivity index (χ1v) is 19.5. The molecule has 1 saturated heterocycles. The highest BCUT2D eigenvalue weighted by Crippen LogP contribution is 2.43. The van der Waals surface area contributed by atoms with Crippen molar-refractivity contribution in [1.29, 1.82) is 0 Å². The van der Waals surface area contributed by atoms with Gasteiger partial charge in [0, 0.05) is 37.9 Å². The van der Waals surface area contributed by atoms with Crippen molar-refractivity contribution in [2.24, 2.45) is 0 Å². The fraction of sp³-hybridized carbons (Fsp3) is 0.0588. The zero-order chi connectivity index (χ0) is 37.5. The molecule has 3 N–H and O–H groups in total. The van der Waals surface area contributed by atoms with E-state index in [1.807, 2.05) is 0 Å². The highest BCUT2D eigenvalue weighted by molar-refractivity contribution is 6.14. The molecular formula is C51H36N4O2. The highest BCUT2D eigenvalue weighted by atomic mass is 16.3. The maximum Gasteiger partial charge on any atom is 0.159 e. The summed E-state index contributed by atoms with van der Waals surface area (Å²) in [5, 5.41) is 18.3. The SMILES string of the molecule is c1ccc(C2NC(c3ccccc3)NC(c3cccc4oc5c(-c6ccc7c(c6)oc6c(-n8c9ccccc9c9ccccc98)cccc67)cccc5c34)N2)cc1. The fourth-order valence-electron chi connectivity index (χ4n) is 9.15. The van der Waals surface area contributed by atoms with Gasteiger partial charge < -0.3 is 13.4 Å². The lowest BCUT2D eigenvalue weighted by Crippen LogP contribution is -2.54. The Morgan fingerprint density at radius 3 is 1.70 bits per heavy atom. The van der Waals surface area contributed by atoms with Crippen LogP contribution in [0.1, 0.15) is 35.2 Å². The van der Waals surface area contributed by atoms with Crippen LogP contribution < -0.4 is 16.0 Å². The van der Waals surface area contributed by atoms with E-state index in [4.69, 9.17) is 8.83 Å². The Bertz CT molecular complexity index is 3210. The van der Waals surface area contributed by atoms with Gasteiger partial charge in [-0.15, -0.1) is 0 Å². The molecule has 0 spiro atoms. The van der Waals surface area contributed by atoms with Crippen LogP contribution in [0.25, 0.3) is 82.5 Å². The van der Waals surface area contributed by atoms with E-state index in [9.17, 15) is 0 Å². The lowest BCUT2D eigenvalue weighted by molar-refractivity contribution is 0.204. The van der Waals surface area contributed by atoms with Crippen molar-refractivity contribution >= 4 is 65.7 Å². The maximum absolute atomic E-state index is 6.86. The molecule has 12 rings (SSSR count). The van der Waals surface area contributed by atoms with Crippen molar-refractivity contribution in [3.05, 3.63) is 199 Å². The average molecular weight is 737 g/mol. The monoisotopic (exact) mass is 736 g/mol. The maximum atomic E-state index is 6.86. The van der Waals surface area contributed by atoms with Crippen molar-refractivity contribution in [3.63, 3.8) is 0 Å². The summed E-state index contributed by atoms with van der Waals surface area (Å²) >= 11 is 0. The molecular weight excluding hydrogens is 701 g/mol. The lowest BCUT2D eigenvalue weighted by atomic mass is 9.98. The quantitative estimate of drug-likeness (QED) is 0.164. The molecule has 6 heteroatoms. The molecule has 4 heterocycles. The van der Waals surface area contributed by atoms with Gasteiger partial charge in [0.2, 0.25) is 0 Å². The normalized spacial score (nSPS) is 17.4. The topological polar surface area (TPSA) is 67.3 Å². The number of rotatable bonds is 5. The minimum Gasteiger partial charge on any atom is -0.455 e. The van der Waals surface area contributed by atoms with Crippen molar-refractivity contribution in [1.82, 2.24) is 20.5 Å². The molecule has 0 radical (unpaired) electrons. The number of para-hydroxylation sites is 4. The van der Waals surface area contributed by atoms with E-state index >= 15 is 0 Å². The van der Waals surface area contributed by atoms with Crippen molar-refractivity contribution in [2.75, 3.05) is 0 Å². The summed E-state index contributed by atoms with van der Waals surface area (Å²) in [5.74, 6) is 0. The molecule has 0 saturated carbocycles. The second kappa shape index (κ2) is 12.8. The van der Waals surface area contributed by atoms with Gasteiger partial charge in [-0.2, -0.15) is 0 Å². The number of aromatic nitrogens is 1. The summed E-state index contributed by atoms with van der Waals surface area (Å²) in [6, 6.07) is 64.2. The molecule has 0 bridgehead atoms. The zero-order valence-electron chi connectivity index (χ0n) is 30.8. The molecule has 6 nitrogen and oxygen atoms in total. The van der Waals surface area contributed by atoms with Crippen LogP contribution in [-0.2, 0) is 0 Å². The Kier molecular flexibility index (Phi) is 7.25. The van der Waals surface area contributed by atoms with E-state index in [2.05, 4.69) is 203 Å². The van der Waals surface area contributed by atoms with Crippen molar-refractivity contribution < 1.29 is 8.83 Å². The standard InChI is InChI=1S/C51H36N4O2/c1-3-14-31(15-4-1)49-52-50(32-16-5-2-6-17-32)54-51(53-49)40-23-13-27-44-46(40)39-22-11-20-34(47(39)56-44)33-28-29-37-38-21-12-26-43(48(38)57-45(37)30-33)55-41-24-9-7-18-35(41)36-19-8-10-25-42(36)55/h1-30,49-54H. The molecule has 3 aromatic heterocycles. The molecule has 2 atom stereocenters. The number of nitrogens with zero attached hydrogens (tertiary/aromatic N) is 1. The van der Waals surface area contributed by atoms with E-state index in [0.717, 1.165) is 77.3 Å². The van der Waals surface area contributed by atoms with Gasteiger partial charge in [-0.25, -0.2) is 0 Å². The van der Waals surface area contributed by atoms with Crippen molar-refractivity contribution in [3.8, 4) is 16.8 Å². The molecule has 0 aliphatic carbocycles. The molecule has 272 valence electrons. The van der Waals surface area contributed by atoms with E-state index in [0.29, 0.717) is 0 Å². The largest absolute Gasteiger partial charge is 0.455 e. The summed E-state index contributed by atoms with van der Waals surface area (Å²) < 4.78 is 16.0. The van der Waals surface area contributed by atoms with Crippen LogP contribution in [-0.4, -0.2) is 4.57 Å². The van der Waals surface area contributed by atoms with E-state index in [1.54, 1.807) is 0 Å². The Morgan fingerprint density at radius 2 is 0.982 bits per heavy atom. The zero-order valence-corrected chi connectivity index (χ0v) is 30.8. The Labute approximate surface area is 327 Å². The van der Waals surface area contributed by atoms with Gasteiger partial charge in [0.15, 0.2) is 5.58 Å². The van der Waals surface area contributed by atoms with Gasteiger partial charge in [-0.1, -0.05) is 146 Å². The molecule has 2 unspecified atom stereocenters. The summed E-state index contributed by atoms with van der Waals surface area (Å²) in [5.41, 5.74) is 12.3. The number of hydrogen-bond donors (Lipinski definition) is 3. The molecule has 1 aliphatic rings. The van der Waals surface area contributed by atoms with Gasteiger partial charge in [0.1, 0.15) is 16.7 Å². The third-order valence-corrected chi connectivity index (χ3v) is 11.7. The summed E-state index contributed by atoms with van der Waals surface area (Å²) in [6.07, 6.45) is -0.305. The van der Waals surface area contributed by atoms with Crippen LogP contribution in [0, 0.1) is 0 Å². The number of nitrogens with one attached hydrogen (secondary N) is 3. The second-order valence-electron chi connectivity index (χ2n) is 15.0. The average Bonchev–Trinajstić information content (AvgIpc) is 3.96. The fourth-order valence-corrected chi connectivity index (χ4v) is 9.15. The summed E-state index contributed by atoms with van der Waals surface area (Å²) in [6.45, 7) is 0. The second-order valence-corrected chi connectivity index (χ2v) is 15.0. The molecule has 8 aromatic carbocycles. The first-order chi connectivity index (χ1) is 28.3. The molecule has 0 amide bonds. The van der Waals surface area contributed by atoms with Crippen molar-refractivity contribution in [2.45, 2.75) is 18.5 Å². The number of benzene rings is 8. The van der Waals surface area contributed by atoms with E-state index < -0.39 is 0 Å². The smallest absolute Gasteiger partial charge is 0.159 e. The highest BCUT2D eigenvalue weighted by Gasteiger charge is 2.31. The van der Waals surface area contributed by atoms with Crippen LogP contribution >= 0.6 is 0 Å². The van der Waals surface area contributed by atoms with Gasteiger partial charge in [-0.3, -0.25) is 16.0 Å². The summed E-state index contributed by atoms with van der Waals surface area (Å²) in [4.78, 5) is 0. The third-order valence-electron chi connectivity index (χ3n) is 11.7. The minimum atomic E-state index is -0.162. The molecule has 57 heavy (non-hydrogen) atoms. The minimum absolute atomic E-state index is 0.0716. The van der Waals surface area contributed by atoms with Crippen LogP contribution in [0.2, 0.25) is 0 Å². The Morgan fingerprint density at radius 1 is 0.404 bits per heavy atom. The number of hydrogen-bond acceptors (Lipinski definition) is 5. The van der Waals surface area contributed by atoms with Crippen LogP contribution in [0.3, 0.4) is 0 Å². The lowest BCUT2D eigenvalue weighted by Gasteiger charge is -2.39. The predicted octanol–water partition coefficient (Wildman–Crippen LogP) is 12.4. The first-order valence-electron chi connectivity index (χ1n) is 19.5. The van der Waals surface area contributed by atoms with Gasteiger partial charge in [0.25, 0.3) is 0 Å². The van der Waals surface area contributed by atoms with Gasteiger partial charge in [-0.05, 0) is 58.7 Å². The van der Waals surface area contributed by atoms with Gasteiger partial charge >= 0.3 is 0 Å². The van der Waals surface area contributed by atoms with Crippen LogP contribution in [0.4, 0.5) is 0 Å².